The van der Waals surface area contributed by atoms with Crippen LogP contribution in [-0.4, -0.2) is 22.2 Å². The molecule has 0 aliphatic carbocycles. The molecule has 0 fully saturated rings. The molecule has 0 bridgehead atoms. The zero-order valence-corrected chi connectivity index (χ0v) is 12.8. The molecule has 2 aromatic carbocycles. The number of carbonyl (C=O) groups excluding carboxylic acids is 1. The molecule has 0 saturated carbocycles. The van der Waals surface area contributed by atoms with Crippen molar-refractivity contribution >= 4 is 16.8 Å². The Morgan fingerprint density at radius 2 is 1.95 bits per heavy atom. The Bertz CT molecular complexity index is 803. The van der Waals surface area contributed by atoms with Crippen molar-refractivity contribution < 1.29 is 4.79 Å². The molecular formula is C18H19N3O. The number of aryl methyl sites for hydroxylation is 1. The Hall–Kier alpha value is -2.62. The summed E-state index contributed by atoms with van der Waals surface area (Å²) in [7, 11) is 0. The van der Waals surface area contributed by atoms with Gasteiger partial charge in [0.2, 0.25) is 0 Å². The van der Waals surface area contributed by atoms with Crippen LogP contribution in [0.4, 0.5) is 0 Å². The Balaban J connectivity index is 1.94. The molecule has 112 valence electrons. The lowest BCUT2D eigenvalue weighted by Gasteiger charge is -2.06. The van der Waals surface area contributed by atoms with Crippen LogP contribution >= 0.6 is 0 Å². The highest BCUT2D eigenvalue weighted by Crippen LogP contribution is 2.17. The van der Waals surface area contributed by atoms with E-state index in [1.165, 1.54) is 11.1 Å². The summed E-state index contributed by atoms with van der Waals surface area (Å²) in [6, 6.07) is 14.1. The van der Waals surface area contributed by atoms with E-state index >= 15 is 0 Å². The summed E-state index contributed by atoms with van der Waals surface area (Å²) in [4.78, 5) is 12.0. The molecule has 0 aliphatic rings. The highest BCUT2D eigenvalue weighted by Gasteiger charge is 2.09. The average molecular weight is 293 g/mol. The monoisotopic (exact) mass is 293 g/mol. The van der Waals surface area contributed by atoms with E-state index in [4.69, 9.17) is 0 Å². The largest absolute Gasteiger partial charge is 0.352 e. The number of fused-ring (bicyclic) bond motifs is 1. The van der Waals surface area contributed by atoms with Crippen molar-refractivity contribution in [3.05, 3.63) is 65.4 Å². The van der Waals surface area contributed by atoms with Crippen molar-refractivity contribution in [1.82, 2.24) is 15.1 Å². The van der Waals surface area contributed by atoms with Crippen LogP contribution in [0.5, 0.6) is 0 Å². The van der Waals surface area contributed by atoms with Crippen molar-refractivity contribution in [2.75, 3.05) is 6.54 Å². The number of hydrogen-bond donors (Lipinski definition) is 1. The number of rotatable bonds is 4. The van der Waals surface area contributed by atoms with E-state index in [9.17, 15) is 4.79 Å². The third-order valence-corrected chi connectivity index (χ3v) is 3.70. The van der Waals surface area contributed by atoms with E-state index in [-0.39, 0.29) is 5.91 Å². The molecular weight excluding hydrogens is 274 g/mol. The van der Waals surface area contributed by atoms with E-state index in [2.05, 4.69) is 41.6 Å². The topological polar surface area (TPSA) is 46.9 Å². The summed E-state index contributed by atoms with van der Waals surface area (Å²) < 4.78 is 1.93. The highest BCUT2D eigenvalue weighted by molar-refractivity contribution is 5.97. The van der Waals surface area contributed by atoms with Gasteiger partial charge in [-0.1, -0.05) is 35.9 Å². The number of nitrogens with zero attached hydrogens (tertiary/aromatic N) is 2. The van der Waals surface area contributed by atoms with Crippen molar-refractivity contribution in [3.63, 3.8) is 0 Å². The summed E-state index contributed by atoms with van der Waals surface area (Å²) in [6.45, 7) is 5.31. The molecule has 3 aromatic rings. The Morgan fingerprint density at radius 1 is 1.18 bits per heavy atom. The number of aromatic nitrogens is 2. The Kier molecular flexibility index (Phi) is 3.92. The Labute approximate surface area is 129 Å². The van der Waals surface area contributed by atoms with Gasteiger partial charge in [0.05, 0.1) is 18.3 Å². The fourth-order valence-electron chi connectivity index (χ4n) is 2.47. The third-order valence-electron chi connectivity index (χ3n) is 3.70. The number of benzene rings is 2. The zero-order valence-electron chi connectivity index (χ0n) is 12.8. The first-order valence-corrected chi connectivity index (χ1v) is 7.46. The molecule has 3 rings (SSSR count). The van der Waals surface area contributed by atoms with E-state index in [1.54, 1.807) is 0 Å². The predicted octanol–water partition coefficient (Wildman–Crippen LogP) is 3.14. The quantitative estimate of drug-likeness (QED) is 0.803. The lowest BCUT2D eigenvalue weighted by molar-refractivity contribution is 0.0956. The van der Waals surface area contributed by atoms with Crippen LogP contribution in [0.3, 0.4) is 0 Å². The normalized spacial score (nSPS) is 10.8. The zero-order chi connectivity index (χ0) is 15.5. The van der Waals surface area contributed by atoms with Crippen molar-refractivity contribution in [1.29, 1.82) is 0 Å². The van der Waals surface area contributed by atoms with E-state index < -0.39 is 0 Å². The Morgan fingerprint density at radius 3 is 2.68 bits per heavy atom. The van der Waals surface area contributed by atoms with Gasteiger partial charge >= 0.3 is 0 Å². The first-order chi connectivity index (χ1) is 10.7. The minimum absolute atomic E-state index is 0.0486. The molecule has 0 atom stereocenters. The van der Waals surface area contributed by atoms with Gasteiger partial charge in [-0.25, -0.2) is 0 Å². The predicted molar refractivity (Wildman–Crippen MR) is 88.0 cm³/mol. The molecule has 0 radical (unpaired) electrons. The summed E-state index contributed by atoms with van der Waals surface area (Å²) in [6.07, 6.45) is 1.84. The minimum atomic E-state index is -0.0486. The van der Waals surface area contributed by atoms with Crippen LogP contribution in [0, 0.1) is 6.92 Å². The summed E-state index contributed by atoms with van der Waals surface area (Å²) in [5.41, 5.74) is 4.08. The number of nitrogens with one attached hydrogen (secondary N) is 1. The maximum absolute atomic E-state index is 12.0. The fourth-order valence-corrected chi connectivity index (χ4v) is 2.47. The van der Waals surface area contributed by atoms with Gasteiger partial charge in [0.25, 0.3) is 5.91 Å². The maximum Gasteiger partial charge on any atom is 0.251 e. The van der Waals surface area contributed by atoms with Gasteiger partial charge < -0.3 is 5.32 Å². The highest BCUT2D eigenvalue weighted by atomic mass is 16.1. The molecule has 0 spiro atoms. The SMILES string of the molecule is CCNC(=O)c1ccc2cnn(Cc3ccc(C)cc3)c2c1. The second-order valence-electron chi connectivity index (χ2n) is 5.42. The second kappa shape index (κ2) is 6.02. The molecule has 0 unspecified atom stereocenters. The van der Waals surface area contributed by atoms with E-state index in [0.29, 0.717) is 18.7 Å². The first kappa shape index (κ1) is 14.3. The third kappa shape index (κ3) is 2.86. The molecule has 1 aromatic heterocycles. The fraction of sp³-hybridized carbons (Fsp3) is 0.222. The molecule has 0 aliphatic heterocycles. The van der Waals surface area contributed by atoms with Crippen molar-refractivity contribution in [2.24, 2.45) is 0 Å². The summed E-state index contributed by atoms with van der Waals surface area (Å²) in [5, 5.41) is 8.31. The molecule has 0 saturated heterocycles. The first-order valence-electron chi connectivity index (χ1n) is 7.46. The smallest absolute Gasteiger partial charge is 0.251 e. The van der Waals surface area contributed by atoms with Gasteiger partial charge in [-0.15, -0.1) is 0 Å². The molecule has 1 N–H and O–H groups in total. The van der Waals surface area contributed by atoms with Crippen LogP contribution in [0.15, 0.2) is 48.7 Å². The van der Waals surface area contributed by atoms with Crippen LogP contribution < -0.4 is 5.32 Å². The van der Waals surface area contributed by atoms with Gasteiger partial charge in [0, 0.05) is 17.5 Å². The van der Waals surface area contributed by atoms with E-state index in [0.717, 1.165) is 10.9 Å². The average Bonchev–Trinajstić information content (AvgIpc) is 2.92. The van der Waals surface area contributed by atoms with Gasteiger partial charge in [0.1, 0.15) is 0 Å². The van der Waals surface area contributed by atoms with E-state index in [1.807, 2.05) is 36.0 Å². The van der Waals surface area contributed by atoms with Crippen molar-refractivity contribution in [3.8, 4) is 0 Å². The van der Waals surface area contributed by atoms with Crippen LogP contribution in [0.2, 0.25) is 0 Å². The lowest BCUT2D eigenvalue weighted by Crippen LogP contribution is -2.22. The maximum atomic E-state index is 12.0. The molecule has 22 heavy (non-hydrogen) atoms. The summed E-state index contributed by atoms with van der Waals surface area (Å²) in [5.74, 6) is -0.0486. The van der Waals surface area contributed by atoms with Crippen LogP contribution in [0.1, 0.15) is 28.4 Å². The van der Waals surface area contributed by atoms with Gasteiger partial charge in [0.15, 0.2) is 0 Å². The van der Waals surface area contributed by atoms with Gasteiger partial charge in [-0.2, -0.15) is 5.10 Å². The van der Waals surface area contributed by atoms with Gasteiger partial charge in [-0.05, 0) is 31.5 Å². The van der Waals surface area contributed by atoms with Crippen LogP contribution in [-0.2, 0) is 6.54 Å². The molecule has 4 nitrogen and oxygen atoms in total. The number of amides is 1. The number of hydrogen-bond acceptors (Lipinski definition) is 2. The van der Waals surface area contributed by atoms with Crippen LogP contribution in [0.25, 0.3) is 10.9 Å². The second-order valence-corrected chi connectivity index (χ2v) is 5.42. The summed E-state index contributed by atoms with van der Waals surface area (Å²) >= 11 is 0. The lowest BCUT2D eigenvalue weighted by atomic mass is 10.1. The molecule has 4 heteroatoms. The molecule has 1 amide bonds. The molecule has 1 heterocycles. The number of carbonyl (C=O) groups is 1. The minimum Gasteiger partial charge on any atom is -0.352 e. The standard InChI is InChI=1S/C18H19N3O/c1-3-19-18(22)15-8-9-16-11-20-21(17(16)10-15)12-14-6-4-13(2)5-7-14/h4-11H,3,12H2,1-2H3,(H,19,22). The van der Waals surface area contributed by atoms with Crippen molar-refractivity contribution in [2.45, 2.75) is 20.4 Å². The van der Waals surface area contributed by atoms with Gasteiger partial charge in [-0.3, -0.25) is 9.48 Å².